The first-order valence-electron chi connectivity index (χ1n) is 7.54. The summed E-state index contributed by atoms with van der Waals surface area (Å²) in [6, 6.07) is 0. The predicted octanol–water partition coefficient (Wildman–Crippen LogP) is 3.44. The molecule has 9 heteroatoms. The number of aromatic nitrogens is 2. The van der Waals surface area contributed by atoms with Crippen LogP contribution in [0.15, 0.2) is 21.0 Å². The number of aryl methyl sites for hydroxylation is 1. The van der Waals surface area contributed by atoms with E-state index in [2.05, 4.69) is 15.3 Å². The van der Waals surface area contributed by atoms with E-state index in [1.54, 1.807) is 31.1 Å². The fraction of sp³-hybridized carbons (Fsp3) is 0.467. The molecule has 24 heavy (non-hydrogen) atoms. The Bertz CT molecular complexity index is 698. The fourth-order valence-corrected chi connectivity index (χ4v) is 3.88. The molecule has 0 saturated carbocycles. The first-order chi connectivity index (χ1) is 11.5. The summed E-state index contributed by atoms with van der Waals surface area (Å²) in [5.74, 6) is 0.532. The van der Waals surface area contributed by atoms with Crippen LogP contribution in [0, 0.1) is 0 Å². The van der Waals surface area contributed by atoms with E-state index in [0.29, 0.717) is 11.0 Å². The highest BCUT2D eigenvalue weighted by Gasteiger charge is 2.17. The van der Waals surface area contributed by atoms with E-state index in [1.165, 1.54) is 11.3 Å². The number of hydrogen-bond donors (Lipinski definition) is 1. The van der Waals surface area contributed by atoms with Gasteiger partial charge in [-0.25, -0.2) is 9.97 Å². The minimum Gasteiger partial charge on any atom is -0.466 e. The highest BCUT2D eigenvalue weighted by atomic mass is 32.2. The third kappa shape index (κ3) is 5.34. The number of esters is 1. The summed E-state index contributed by atoms with van der Waals surface area (Å²) in [5.41, 5.74) is 0. The molecule has 0 saturated heterocycles. The monoisotopic (exact) mass is 369 g/mol. The van der Waals surface area contributed by atoms with Crippen LogP contribution in [0.2, 0.25) is 0 Å². The van der Waals surface area contributed by atoms with Crippen LogP contribution < -0.4 is 5.32 Å². The van der Waals surface area contributed by atoms with Crippen LogP contribution in [0.4, 0.5) is 5.13 Å². The van der Waals surface area contributed by atoms with Gasteiger partial charge < -0.3 is 14.5 Å². The van der Waals surface area contributed by atoms with Crippen molar-refractivity contribution in [3.63, 3.8) is 0 Å². The number of thioether (sulfide) groups is 1. The van der Waals surface area contributed by atoms with E-state index < -0.39 is 11.9 Å². The molecule has 2 aromatic heterocycles. The first kappa shape index (κ1) is 18.5. The van der Waals surface area contributed by atoms with Crippen molar-refractivity contribution in [2.75, 3.05) is 11.9 Å². The number of rotatable bonds is 8. The van der Waals surface area contributed by atoms with Crippen LogP contribution in [-0.2, 0) is 20.7 Å². The molecule has 0 fully saturated rings. The lowest BCUT2D eigenvalue weighted by atomic mass is 10.4. The second-order valence-electron chi connectivity index (χ2n) is 4.79. The summed E-state index contributed by atoms with van der Waals surface area (Å²) in [4.78, 5) is 31.4. The summed E-state index contributed by atoms with van der Waals surface area (Å²) >= 11 is 2.88. The number of thiazole rings is 1. The Hall–Kier alpha value is -1.87. The summed E-state index contributed by atoms with van der Waals surface area (Å²) in [7, 11) is 0. The molecule has 1 atom stereocenters. The standard InChI is InChI=1S/C15H19N3O4S2/c1-4-10-7-16-14(22-10)9(3)23-13-8-17-15(24-13)18-11(19)6-12(20)21-5-2/h7-9H,4-6H2,1-3H3,(H,17,18,19). The van der Waals surface area contributed by atoms with Gasteiger partial charge in [-0.2, -0.15) is 0 Å². The second kappa shape index (κ2) is 8.84. The SMILES string of the molecule is CCOC(=O)CC(=O)Nc1ncc(SC(C)c2ncc(CC)o2)s1. The van der Waals surface area contributed by atoms with Crippen molar-refractivity contribution in [3.05, 3.63) is 24.0 Å². The minimum atomic E-state index is -0.551. The largest absolute Gasteiger partial charge is 0.466 e. The summed E-state index contributed by atoms with van der Waals surface area (Å²) in [6.45, 7) is 5.95. The highest BCUT2D eigenvalue weighted by molar-refractivity contribution is 8.01. The zero-order valence-electron chi connectivity index (χ0n) is 13.7. The molecule has 0 aliphatic heterocycles. The van der Waals surface area contributed by atoms with Gasteiger partial charge >= 0.3 is 5.97 Å². The van der Waals surface area contributed by atoms with Gasteiger partial charge in [-0.15, -0.1) is 11.8 Å². The molecule has 2 rings (SSSR count). The van der Waals surface area contributed by atoms with Gasteiger partial charge in [0.05, 0.1) is 28.5 Å². The van der Waals surface area contributed by atoms with E-state index in [1.807, 2.05) is 13.8 Å². The molecule has 1 unspecified atom stereocenters. The molecule has 0 spiro atoms. The number of carbonyl (C=O) groups excluding carboxylic acids is 2. The lowest BCUT2D eigenvalue weighted by Gasteiger charge is -2.04. The predicted molar refractivity (Wildman–Crippen MR) is 92.1 cm³/mol. The average Bonchev–Trinajstić information content (AvgIpc) is 3.16. The number of amides is 1. The molecule has 0 aromatic carbocycles. The molecular formula is C15H19N3O4S2. The molecule has 2 heterocycles. The van der Waals surface area contributed by atoms with Crippen molar-refractivity contribution < 1.29 is 18.7 Å². The number of carbonyl (C=O) groups is 2. The highest BCUT2D eigenvalue weighted by Crippen LogP contribution is 2.38. The molecule has 0 bridgehead atoms. The van der Waals surface area contributed by atoms with Crippen LogP contribution in [0.25, 0.3) is 0 Å². The lowest BCUT2D eigenvalue weighted by Crippen LogP contribution is -2.17. The van der Waals surface area contributed by atoms with Crippen LogP contribution in [0.5, 0.6) is 0 Å². The minimum absolute atomic E-state index is 0.0360. The molecule has 0 aliphatic carbocycles. The van der Waals surface area contributed by atoms with E-state index in [4.69, 9.17) is 9.15 Å². The lowest BCUT2D eigenvalue weighted by molar-refractivity contribution is -0.145. The third-order valence-corrected chi connectivity index (χ3v) is 5.04. The van der Waals surface area contributed by atoms with Gasteiger partial charge in [0, 0.05) is 6.42 Å². The van der Waals surface area contributed by atoms with Gasteiger partial charge in [0.15, 0.2) is 5.13 Å². The van der Waals surface area contributed by atoms with Crippen LogP contribution in [0.3, 0.4) is 0 Å². The Morgan fingerprint density at radius 1 is 1.38 bits per heavy atom. The van der Waals surface area contributed by atoms with Crippen LogP contribution >= 0.6 is 23.1 Å². The van der Waals surface area contributed by atoms with Gasteiger partial charge in [0.25, 0.3) is 0 Å². The Kier molecular flexibility index (Phi) is 6.80. The average molecular weight is 369 g/mol. The number of oxazole rings is 1. The quantitative estimate of drug-likeness (QED) is 0.433. The topological polar surface area (TPSA) is 94.3 Å². The zero-order chi connectivity index (χ0) is 17.5. The molecule has 130 valence electrons. The number of ether oxygens (including phenoxy) is 1. The van der Waals surface area contributed by atoms with Gasteiger partial charge in [-0.05, 0) is 13.8 Å². The van der Waals surface area contributed by atoms with Crippen molar-refractivity contribution in [3.8, 4) is 0 Å². The molecule has 0 radical (unpaired) electrons. The summed E-state index contributed by atoms with van der Waals surface area (Å²) in [6.07, 6.45) is 3.90. The molecular weight excluding hydrogens is 350 g/mol. The molecule has 1 amide bonds. The Morgan fingerprint density at radius 2 is 2.17 bits per heavy atom. The summed E-state index contributed by atoms with van der Waals surface area (Å²) in [5, 5.41) is 3.07. The number of nitrogens with zero attached hydrogens (tertiary/aromatic N) is 2. The van der Waals surface area contributed by atoms with Crippen molar-refractivity contribution in [1.29, 1.82) is 0 Å². The number of hydrogen-bond acceptors (Lipinski definition) is 8. The third-order valence-electron chi connectivity index (χ3n) is 2.90. The van der Waals surface area contributed by atoms with Gasteiger partial charge in [-0.3, -0.25) is 9.59 Å². The van der Waals surface area contributed by atoms with E-state index in [-0.39, 0.29) is 18.3 Å². The maximum Gasteiger partial charge on any atom is 0.315 e. The van der Waals surface area contributed by atoms with E-state index >= 15 is 0 Å². The zero-order valence-corrected chi connectivity index (χ0v) is 15.3. The Balaban J connectivity index is 1.88. The van der Waals surface area contributed by atoms with Crippen LogP contribution in [-0.4, -0.2) is 28.5 Å². The number of anilines is 1. The number of nitrogens with one attached hydrogen (secondary N) is 1. The van der Waals surface area contributed by atoms with Crippen molar-refractivity contribution in [2.24, 2.45) is 0 Å². The second-order valence-corrected chi connectivity index (χ2v) is 7.46. The molecule has 7 nitrogen and oxygen atoms in total. The normalized spacial score (nSPS) is 12.0. The van der Waals surface area contributed by atoms with Gasteiger partial charge in [-0.1, -0.05) is 18.3 Å². The van der Waals surface area contributed by atoms with Gasteiger partial charge in [0.2, 0.25) is 11.8 Å². The van der Waals surface area contributed by atoms with Crippen molar-refractivity contribution >= 4 is 40.1 Å². The maximum atomic E-state index is 11.7. The first-order valence-corrected chi connectivity index (χ1v) is 9.24. The van der Waals surface area contributed by atoms with Crippen molar-refractivity contribution in [2.45, 2.75) is 43.1 Å². The van der Waals surface area contributed by atoms with Gasteiger partial charge in [0.1, 0.15) is 12.2 Å². The molecule has 1 N–H and O–H groups in total. The molecule has 0 aliphatic rings. The van der Waals surface area contributed by atoms with E-state index in [0.717, 1.165) is 16.4 Å². The maximum absolute atomic E-state index is 11.7. The molecule has 2 aromatic rings. The van der Waals surface area contributed by atoms with E-state index in [9.17, 15) is 9.59 Å². The summed E-state index contributed by atoms with van der Waals surface area (Å²) < 4.78 is 11.3. The smallest absolute Gasteiger partial charge is 0.315 e. The fourth-order valence-electron chi connectivity index (χ4n) is 1.78. The Morgan fingerprint density at radius 3 is 2.83 bits per heavy atom. The van der Waals surface area contributed by atoms with Crippen molar-refractivity contribution in [1.82, 2.24) is 9.97 Å². The van der Waals surface area contributed by atoms with Crippen LogP contribution in [0.1, 0.15) is 44.1 Å². The Labute approximate surface area is 148 Å².